The number of carbonyl (C=O) groups is 2. The third-order valence-electron chi connectivity index (χ3n) is 3.74. The molecule has 2 unspecified atom stereocenters. The number of rotatable bonds is 3. The van der Waals surface area contributed by atoms with E-state index in [1.165, 1.54) is 12.4 Å². The predicted octanol–water partition coefficient (Wildman–Crippen LogP) is 0.912. The van der Waals surface area contributed by atoms with Crippen LogP contribution in [0, 0.1) is 5.92 Å². The Balaban J connectivity index is 2.36. The Morgan fingerprint density at radius 1 is 1.53 bits per heavy atom. The van der Waals surface area contributed by atoms with Gasteiger partial charge < -0.3 is 10.4 Å². The molecule has 2 atom stereocenters. The van der Waals surface area contributed by atoms with Crippen LogP contribution in [-0.2, 0) is 4.79 Å². The lowest BCUT2D eigenvalue weighted by Gasteiger charge is -2.26. The Labute approximate surface area is 111 Å². The van der Waals surface area contributed by atoms with Gasteiger partial charge in [-0.15, -0.1) is 0 Å². The number of carbonyl (C=O) groups excluding carboxylic acids is 1. The first-order valence-electron chi connectivity index (χ1n) is 6.12. The second-order valence-corrected chi connectivity index (χ2v) is 5.18. The highest BCUT2D eigenvalue weighted by Gasteiger charge is 2.45. The van der Waals surface area contributed by atoms with E-state index < -0.39 is 17.7 Å². The van der Waals surface area contributed by atoms with E-state index in [2.05, 4.69) is 15.6 Å². The van der Waals surface area contributed by atoms with Crippen LogP contribution in [0.3, 0.4) is 0 Å². The Morgan fingerprint density at radius 2 is 2.21 bits per heavy atom. The Morgan fingerprint density at radius 3 is 2.74 bits per heavy atom. The summed E-state index contributed by atoms with van der Waals surface area (Å²) in [6.45, 7) is 5.70. The standard InChI is InChI=1S/C13H17N3O3/c1-7(2)13(3)12(19)15-10(16-13)8-4-5-14-6-9(8)11(17)18/h4-7,10,16H,1-3H3,(H,15,19)(H,17,18). The molecule has 1 saturated heterocycles. The molecule has 0 saturated carbocycles. The molecule has 2 rings (SSSR count). The summed E-state index contributed by atoms with van der Waals surface area (Å²) in [5, 5.41) is 15.1. The van der Waals surface area contributed by atoms with Crippen molar-refractivity contribution in [2.75, 3.05) is 0 Å². The maximum absolute atomic E-state index is 12.1. The summed E-state index contributed by atoms with van der Waals surface area (Å²) in [6.07, 6.45) is 2.30. The molecular weight excluding hydrogens is 246 g/mol. The lowest BCUT2D eigenvalue weighted by atomic mass is 9.89. The molecule has 0 aromatic carbocycles. The van der Waals surface area contributed by atoms with Crippen molar-refractivity contribution in [3.63, 3.8) is 0 Å². The summed E-state index contributed by atoms with van der Waals surface area (Å²) in [5.41, 5.74) is -0.0995. The van der Waals surface area contributed by atoms with E-state index >= 15 is 0 Å². The maximum atomic E-state index is 12.1. The molecule has 19 heavy (non-hydrogen) atoms. The minimum Gasteiger partial charge on any atom is -0.478 e. The molecule has 6 heteroatoms. The number of amides is 1. The monoisotopic (exact) mass is 263 g/mol. The van der Waals surface area contributed by atoms with E-state index in [0.717, 1.165) is 0 Å². The normalized spacial score (nSPS) is 26.5. The number of carboxylic acids is 1. The van der Waals surface area contributed by atoms with E-state index in [0.29, 0.717) is 5.56 Å². The fourth-order valence-corrected chi connectivity index (χ4v) is 2.10. The van der Waals surface area contributed by atoms with Crippen LogP contribution < -0.4 is 10.6 Å². The van der Waals surface area contributed by atoms with Crippen LogP contribution >= 0.6 is 0 Å². The second kappa shape index (κ2) is 4.62. The van der Waals surface area contributed by atoms with Crippen LogP contribution in [0.2, 0.25) is 0 Å². The van der Waals surface area contributed by atoms with Crippen molar-refractivity contribution in [3.05, 3.63) is 29.6 Å². The molecule has 1 aromatic heterocycles. The van der Waals surface area contributed by atoms with Gasteiger partial charge in [0, 0.05) is 18.0 Å². The highest BCUT2D eigenvalue weighted by atomic mass is 16.4. The SMILES string of the molecule is CC(C)C1(C)NC(c2ccncc2C(=O)O)NC1=O. The number of nitrogens with zero attached hydrogens (tertiary/aromatic N) is 1. The van der Waals surface area contributed by atoms with Gasteiger partial charge in [-0.3, -0.25) is 15.1 Å². The molecule has 2 heterocycles. The van der Waals surface area contributed by atoms with Gasteiger partial charge in [0.1, 0.15) is 6.17 Å². The molecule has 1 amide bonds. The summed E-state index contributed by atoms with van der Waals surface area (Å²) in [4.78, 5) is 27.0. The molecule has 3 N–H and O–H groups in total. The minimum atomic E-state index is -1.06. The fourth-order valence-electron chi connectivity index (χ4n) is 2.10. The molecule has 0 spiro atoms. The van der Waals surface area contributed by atoms with E-state index in [1.54, 1.807) is 6.07 Å². The van der Waals surface area contributed by atoms with Crippen LogP contribution in [0.25, 0.3) is 0 Å². The molecule has 0 bridgehead atoms. The quantitative estimate of drug-likeness (QED) is 0.754. The van der Waals surface area contributed by atoms with Gasteiger partial charge in [0.2, 0.25) is 5.91 Å². The number of hydrogen-bond donors (Lipinski definition) is 3. The summed E-state index contributed by atoms with van der Waals surface area (Å²) in [5.74, 6) is -1.09. The van der Waals surface area contributed by atoms with Crippen molar-refractivity contribution in [3.8, 4) is 0 Å². The van der Waals surface area contributed by atoms with E-state index in [1.807, 2.05) is 20.8 Å². The van der Waals surface area contributed by atoms with Crippen molar-refractivity contribution in [1.82, 2.24) is 15.6 Å². The largest absolute Gasteiger partial charge is 0.478 e. The van der Waals surface area contributed by atoms with Gasteiger partial charge in [-0.2, -0.15) is 0 Å². The van der Waals surface area contributed by atoms with Crippen LogP contribution in [0.5, 0.6) is 0 Å². The molecule has 6 nitrogen and oxygen atoms in total. The smallest absolute Gasteiger partial charge is 0.337 e. The van der Waals surface area contributed by atoms with Crippen molar-refractivity contribution < 1.29 is 14.7 Å². The fraction of sp³-hybridized carbons (Fsp3) is 0.462. The van der Waals surface area contributed by atoms with Gasteiger partial charge in [0.05, 0.1) is 11.1 Å². The minimum absolute atomic E-state index is 0.0904. The lowest BCUT2D eigenvalue weighted by molar-refractivity contribution is -0.125. The van der Waals surface area contributed by atoms with E-state index in [4.69, 9.17) is 5.11 Å². The second-order valence-electron chi connectivity index (χ2n) is 5.18. The number of carboxylic acid groups (broad SMARTS) is 1. The van der Waals surface area contributed by atoms with Crippen LogP contribution in [0.4, 0.5) is 0 Å². The Hall–Kier alpha value is -1.95. The first-order valence-corrected chi connectivity index (χ1v) is 6.12. The molecule has 1 aliphatic rings. The zero-order chi connectivity index (χ0) is 14.2. The third kappa shape index (κ3) is 2.19. The van der Waals surface area contributed by atoms with Crippen molar-refractivity contribution in [2.24, 2.45) is 5.92 Å². The molecule has 1 fully saturated rings. The molecule has 1 aromatic rings. The Bertz CT molecular complexity index is 530. The maximum Gasteiger partial charge on any atom is 0.337 e. The average molecular weight is 263 g/mol. The van der Waals surface area contributed by atoms with Gasteiger partial charge >= 0.3 is 5.97 Å². The van der Waals surface area contributed by atoms with Crippen LogP contribution in [0.1, 0.15) is 42.9 Å². The number of pyridine rings is 1. The molecule has 102 valence electrons. The van der Waals surface area contributed by atoms with Gasteiger partial charge in [-0.1, -0.05) is 13.8 Å². The number of hydrogen-bond acceptors (Lipinski definition) is 4. The first-order chi connectivity index (χ1) is 8.86. The highest BCUT2D eigenvalue weighted by Crippen LogP contribution is 2.28. The summed E-state index contributed by atoms with van der Waals surface area (Å²) >= 11 is 0. The molecular formula is C13H17N3O3. The summed E-state index contributed by atoms with van der Waals surface area (Å²) in [7, 11) is 0. The van der Waals surface area contributed by atoms with Gasteiger partial charge in [0.15, 0.2) is 0 Å². The van der Waals surface area contributed by atoms with Crippen molar-refractivity contribution in [2.45, 2.75) is 32.5 Å². The number of aromatic nitrogens is 1. The average Bonchev–Trinajstić information content (AvgIpc) is 2.67. The lowest BCUT2D eigenvalue weighted by Crippen LogP contribution is -2.48. The first kappa shape index (κ1) is 13.5. The van der Waals surface area contributed by atoms with Gasteiger partial charge in [-0.25, -0.2) is 4.79 Å². The van der Waals surface area contributed by atoms with E-state index in [9.17, 15) is 9.59 Å². The van der Waals surface area contributed by atoms with Crippen molar-refractivity contribution >= 4 is 11.9 Å². The molecule has 0 aliphatic carbocycles. The summed E-state index contributed by atoms with van der Waals surface area (Å²) < 4.78 is 0. The topological polar surface area (TPSA) is 91.3 Å². The van der Waals surface area contributed by atoms with Crippen LogP contribution in [-0.4, -0.2) is 27.5 Å². The highest BCUT2D eigenvalue weighted by molar-refractivity contribution is 5.91. The summed E-state index contributed by atoms with van der Waals surface area (Å²) in [6, 6.07) is 1.60. The number of aromatic carboxylic acids is 1. The van der Waals surface area contributed by atoms with Crippen LogP contribution in [0.15, 0.2) is 18.5 Å². The Kier molecular flexibility index (Phi) is 3.28. The molecule has 1 aliphatic heterocycles. The number of nitrogens with one attached hydrogen (secondary N) is 2. The molecule has 0 radical (unpaired) electrons. The van der Waals surface area contributed by atoms with Gasteiger partial charge in [0.25, 0.3) is 0 Å². The predicted molar refractivity (Wildman–Crippen MR) is 68.5 cm³/mol. The zero-order valence-corrected chi connectivity index (χ0v) is 11.1. The van der Waals surface area contributed by atoms with Crippen molar-refractivity contribution in [1.29, 1.82) is 0 Å². The zero-order valence-electron chi connectivity index (χ0n) is 11.1. The van der Waals surface area contributed by atoms with E-state index in [-0.39, 0.29) is 17.4 Å². The third-order valence-corrected chi connectivity index (χ3v) is 3.74. The van der Waals surface area contributed by atoms with Gasteiger partial charge in [-0.05, 0) is 18.9 Å².